The summed E-state index contributed by atoms with van der Waals surface area (Å²) >= 11 is 0. The van der Waals surface area contributed by atoms with Crippen LogP contribution in [0.25, 0.3) is 0 Å². The first-order chi connectivity index (χ1) is 10.1. The number of rotatable bonds is 7. The predicted octanol–water partition coefficient (Wildman–Crippen LogP) is 3.00. The number of ether oxygens (including phenoxy) is 3. The fourth-order valence-electron chi connectivity index (χ4n) is 3.29. The molecule has 0 saturated carbocycles. The first kappa shape index (κ1) is 19.1. The minimum absolute atomic E-state index is 0.0468. The van der Waals surface area contributed by atoms with E-state index in [1.54, 1.807) is 0 Å². The molecule has 0 aromatic heterocycles. The van der Waals surface area contributed by atoms with Gasteiger partial charge in [-0.15, -0.1) is 0 Å². The summed E-state index contributed by atoms with van der Waals surface area (Å²) in [6.07, 6.45) is 1.69. The highest BCUT2D eigenvalue weighted by molar-refractivity contribution is 5.88. The Morgan fingerprint density at radius 1 is 1.14 bits per heavy atom. The van der Waals surface area contributed by atoms with E-state index < -0.39 is 12.4 Å². The Bertz CT molecular complexity index is 381. The molecule has 0 spiro atoms. The number of carbonyl (C=O) groups excluding carboxylic acids is 1. The second kappa shape index (κ2) is 7.57. The quantitative estimate of drug-likeness (QED) is 0.445. The third kappa shape index (κ3) is 5.71. The van der Waals surface area contributed by atoms with E-state index in [9.17, 15) is 4.79 Å². The van der Waals surface area contributed by atoms with Crippen LogP contribution in [-0.4, -0.2) is 36.7 Å². The van der Waals surface area contributed by atoms with E-state index in [0.717, 1.165) is 12.8 Å². The number of esters is 1. The zero-order valence-corrected chi connectivity index (χ0v) is 14.8. The summed E-state index contributed by atoms with van der Waals surface area (Å²) in [5.74, 6) is -0.354. The topological polar surface area (TPSA) is 56.8 Å². The van der Waals surface area contributed by atoms with Crippen LogP contribution in [0, 0.1) is 5.92 Å². The molecule has 1 saturated heterocycles. The largest absolute Gasteiger partial charge is 0.407 e. The predicted molar refractivity (Wildman–Crippen MR) is 86.3 cm³/mol. The third-order valence-corrected chi connectivity index (χ3v) is 3.75. The van der Waals surface area contributed by atoms with Gasteiger partial charge in [0, 0.05) is 16.7 Å². The van der Waals surface area contributed by atoms with Crippen molar-refractivity contribution in [3.05, 3.63) is 12.2 Å². The number of nitrogens with one attached hydrogen (secondary N) is 1. The number of piperidine rings is 1. The molecule has 0 radical (unpaired) electrons. The van der Waals surface area contributed by atoms with Gasteiger partial charge in [-0.05, 0) is 60.3 Å². The third-order valence-electron chi connectivity index (χ3n) is 3.75. The standard InChI is InChI=1S/C17H31NO4/c1-8-20-15(21-9-2)22-14(19)12(3)13-10-16(4,5)18-17(6,7)11-13/h13,15,18H,3,8-11H2,1-2,4-7H3. The average molecular weight is 313 g/mol. The molecule has 0 amide bonds. The number of hydrogen-bond donors (Lipinski definition) is 1. The molecule has 0 aromatic rings. The van der Waals surface area contributed by atoms with Gasteiger partial charge in [0.25, 0.3) is 0 Å². The molecule has 1 fully saturated rings. The average Bonchev–Trinajstić information content (AvgIpc) is 2.34. The van der Waals surface area contributed by atoms with Crippen molar-refractivity contribution < 1.29 is 19.0 Å². The van der Waals surface area contributed by atoms with E-state index in [2.05, 4.69) is 39.6 Å². The SMILES string of the molecule is C=C(C(=O)OC(OCC)OCC)C1CC(C)(C)NC(C)(C)C1. The van der Waals surface area contributed by atoms with Gasteiger partial charge in [0.15, 0.2) is 0 Å². The Morgan fingerprint density at radius 2 is 1.59 bits per heavy atom. The molecular weight excluding hydrogens is 282 g/mol. The summed E-state index contributed by atoms with van der Waals surface area (Å²) in [4.78, 5) is 12.3. The maximum absolute atomic E-state index is 12.3. The van der Waals surface area contributed by atoms with Crippen molar-refractivity contribution in [2.45, 2.75) is 71.9 Å². The Morgan fingerprint density at radius 3 is 2.00 bits per heavy atom. The van der Waals surface area contributed by atoms with E-state index in [-0.39, 0.29) is 17.0 Å². The second-order valence-electron chi connectivity index (χ2n) is 7.13. The van der Waals surface area contributed by atoms with Gasteiger partial charge in [-0.1, -0.05) is 6.58 Å². The number of carbonyl (C=O) groups is 1. The summed E-state index contributed by atoms with van der Waals surface area (Å²) in [7, 11) is 0. The van der Waals surface area contributed by atoms with Gasteiger partial charge in [0.05, 0.1) is 13.2 Å². The minimum Gasteiger partial charge on any atom is -0.407 e. The highest BCUT2D eigenvalue weighted by Crippen LogP contribution is 2.36. The molecule has 1 rings (SSSR count). The molecule has 1 heterocycles. The van der Waals surface area contributed by atoms with Crippen molar-refractivity contribution in [2.75, 3.05) is 13.2 Å². The molecule has 1 aliphatic rings. The number of hydrogen-bond acceptors (Lipinski definition) is 5. The smallest absolute Gasteiger partial charge is 0.337 e. The van der Waals surface area contributed by atoms with E-state index in [1.165, 1.54) is 0 Å². The fourth-order valence-corrected chi connectivity index (χ4v) is 3.29. The van der Waals surface area contributed by atoms with Crippen LogP contribution in [0.2, 0.25) is 0 Å². The highest BCUT2D eigenvalue weighted by atomic mass is 16.9. The van der Waals surface area contributed by atoms with Crippen LogP contribution in [0.3, 0.4) is 0 Å². The summed E-state index contributed by atoms with van der Waals surface area (Å²) in [6.45, 7) is 16.1. The lowest BCUT2D eigenvalue weighted by molar-refractivity contribution is -0.270. The minimum atomic E-state index is -0.956. The molecule has 0 unspecified atom stereocenters. The van der Waals surface area contributed by atoms with Gasteiger partial charge in [0.1, 0.15) is 0 Å². The lowest BCUT2D eigenvalue weighted by Gasteiger charge is -2.46. The van der Waals surface area contributed by atoms with Crippen molar-refractivity contribution in [3.63, 3.8) is 0 Å². The monoisotopic (exact) mass is 313 g/mol. The van der Waals surface area contributed by atoms with E-state index in [0.29, 0.717) is 18.8 Å². The van der Waals surface area contributed by atoms with Gasteiger partial charge >= 0.3 is 12.4 Å². The Labute approximate surface area is 134 Å². The van der Waals surface area contributed by atoms with Crippen molar-refractivity contribution in [1.29, 1.82) is 0 Å². The van der Waals surface area contributed by atoms with Crippen LogP contribution in [0.15, 0.2) is 12.2 Å². The fraction of sp³-hybridized carbons (Fsp3) is 0.824. The zero-order valence-electron chi connectivity index (χ0n) is 14.8. The lowest BCUT2D eigenvalue weighted by atomic mass is 9.73. The van der Waals surface area contributed by atoms with Crippen molar-refractivity contribution >= 4 is 5.97 Å². The second-order valence-corrected chi connectivity index (χ2v) is 7.13. The van der Waals surface area contributed by atoms with E-state index in [4.69, 9.17) is 14.2 Å². The summed E-state index contributed by atoms with van der Waals surface area (Å²) in [5.41, 5.74) is 0.399. The van der Waals surface area contributed by atoms with Crippen LogP contribution in [-0.2, 0) is 19.0 Å². The van der Waals surface area contributed by atoms with Gasteiger partial charge < -0.3 is 19.5 Å². The molecule has 1 aliphatic heterocycles. The molecule has 128 valence electrons. The highest BCUT2D eigenvalue weighted by Gasteiger charge is 2.40. The lowest BCUT2D eigenvalue weighted by Crippen LogP contribution is -2.58. The molecule has 5 heteroatoms. The van der Waals surface area contributed by atoms with Gasteiger partial charge in [-0.3, -0.25) is 0 Å². The molecule has 5 nitrogen and oxygen atoms in total. The van der Waals surface area contributed by atoms with Crippen molar-refractivity contribution in [2.24, 2.45) is 5.92 Å². The van der Waals surface area contributed by atoms with Crippen molar-refractivity contribution in [1.82, 2.24) is 5.32 Å². The van der Waals surface area contributed by atoms with E-state index in [1.807, 2.05) is 13.8 Å². The van der Waals surface area contributed by atoms with E-state index >= 15 is 0 Å². The van der Waals surface area contributed by atoms with Crippen LogP contribution in [0.5, 0.6) is 0 Å². The molecule has 0 aromatic carbocycles. The van der Waals surface area contributed by atoms with Crippen LogP contribution in [0.4, 0.5) is 0 Å². The van der Waals surface area contributed by atoms with Crippen LogP contribution < -0.4 is 5.32 Å². The maximum atomic E-state index is 12.3. The zero-order chi connectivity index (χ0) is 17.0. The Kier molecular flexibility index (Phi) is 6.59. The van der Waals surface area contributed by atoms with Gasteiger partial charge in [-0.25, -0.2) is 4.79 Å². The Balaban J connectivity index is 2.71. The molecule has 1 N–H and O–H groups in total. The van der Waals surface area contributed by atoms with Crippen LogP contribution in [0.1, 0.15) is 54.4 Å². The summed E-state index contributed by atoms with van der Waals surface area (Å²) in [6, 6.07) is 0. The maximum Gasteiger partial charge on any atom is 0.337 e. The van der Waals surface area contributed by atoms with Crippen LogP contribution >= 0.6 is 0 Å². The van der Waals surface area contributed by atoms with Crippen molar-refractivity contribution in [3.8, 4) is 0 Å². The summed E-state index contributed by atoms with van der Waals surface area (Å²) in [5, 5.41) is 3.59. The first-order valence-corrected chi connectivity index (χ1v) is 8.02. The van der Waals surface area contributed by atoms with Gasteiger partial charge in [0.2, 0.25) is 0 Å². The van der Waals surface area contributed by atoms with Gasteiger partial charge in [-0.2, -0.15) is 0 Å². The summed E-state index contributed by atoms with van der Waals surface area (Å²) < 4.78 is 15.8. The molecule has 0 aliphatic carbocycles. The molecular formula is C17H31NO4. The Hall–Kier alpha value is -0.910. The molecule has 22 heavy (non-hydrogen) atoms. The first-order valence-electron chi connectivity index (χ1n) is 8.02. The molecule has 0 atom stereocenters. The molecule has 0 bridgehead atoms. The normalized spacial score (nSPS) is 20.9.